The summed E-state index contributed by atoms with van der Waals surface area (Å²) in [5.74, 6) is -2.24. The van der Waals surface area contributed by atoms with Crippen LogP contribution in [-0.4, -0.2) is 52.1 Å². The van der Waals surface area contributed by atoms with E-state index in [1.807, 2.05) is 18.2 Å². The molecule has 0 aromatic heterocycles. The Morgan fingerprint density at radius 3 is 2.39 bits per heavy atom. The molecule has 31 heavy (non-hydrogen) atoms. The average Bonchev–Trinajstić information content (AvgIpc) is 2.97. The summed E-state index contributed by atoms with van der Waals surface area (Å²) < 4.78 is 13.5. The van der Waals surface area contributed by atoms with Crippen LogP contribution >= 0.6 is 0 Å². The van der Waals surface area contributed by atoms with E-state index in [9.17, 15) is 23.9 Å². The summed E-state index contributed by atoms with van der Waals surface area (Å²) in [4.78, 5) is 38.5. The number of ketones is 1. The Labute approximate surface area is 179 Å². The van der Waals surface area contributed by atoms with Crippen LogP contribution in [0.25, 0.3) is 0 Å². The molecular formula is C23H23FN2O5. The lowest BCUT2D eigenvalue weighted by atomic mass is 9.97. The van der Waals surface area contributed by atoms with Gasteiger partial charge in [0.15, 0.2) is 0 Å². The van der Waals surface area contributed by atoms with Crippen LogP contribution in [0.5, 0.6) is 0 Å². The molecule has 1 saturated heterocycles. The molecule has 0 bridgehead atoms. The lowest BCUT2D eigenvalue weighted by Gasteiger charge is -2.26. The van der Waals surface area contributed by atoms with Gasteiger partial charge < -0.3 is 15.1 Å². The summed E-state index contributed by atoms with van der Waals surface area (Å²) in [7, 11) is 1.62. The molecule has 1 aliphatic heterocycles. The van der Waals surface area contributed by atoms with Crippen LogP contribution in [0.4, 0.5) is 14.9 Å². The number of hydrogen-bond acceptors (Lipinski definition) is 4. The van der Waals surface area contributed by atoms with Crippen molar-refractivity contribution < 1.29 is 29.0 Å². The van der Waals surface area contributed by atoms with Crippen LogP contribution < -0.4 is 4.90 Å². The molecule has 8 heteroatoms. The van der Waals surface area contributed by atoms with Gasteiger partial charge in [-0.3, -0.25) is 14.5 Å². The minimum atomic E-state index is -1.25. The predicted molar refractivity (Wildman–Crippen MR) is 112 cm³/mol. The first kappa shape index (κ1) is 22.2. The average molecular weight is 426 g/mol. The number of aliphatic carboxylic acids is 1. The van der Waals surface area contributed by atoms with Crippen molar-refractivity contribution in [3.8, 4) is 0 Å². The van der Waals surface area contributed by atoms with E-state index in [-0.39, 0.29) is 12.5 Å². The Balaban J connectivity index is 1.91. The van der Waals surface area contributed by atoms with E-state index in [0.29, 0.717) is 11.3 Å². The maximum Gasteiger partial charge on any atom is 0.325 e. The van der Waals surface area contributed by atoms with E-state index in [1.165, 1.54) is 23.1 Å². The van der Waals surface area contributed by atoms with E-state index in [2.05, 4.69) is 0 Å². The molecule has 0 spiro atoms. The smallest absolute Gasteiger partial charge is 0.325 e. The number of rotatable bonds is 8. The Hall–Kier alpha value is -3.52. The molecule has 0 aliphatic carbocycles. The van der Waals surface area contributed by atoms with Crippen molar-refractivity contribution in [3.05, 3.63) is 78.1 Å². The van der Waals surface area contributed by atoms with E-state index < -0.39 is 42.2 Å². The maximum atomic E-state index is 13.5. The molecule has 2 N–H and O–H groups in total. The van der Waals surface area contributed by atoms with Gasteiger partial charge >= 0.3 is 12.0 Å². The Bertz CT molecular complexity index is 977. The molecule has 162 valence electrons. The highest BCUT2D eigenvalue weighted by Gasteiger charge is 2.44. The van der Waals surface area contributed by atoms with Gasteiger partial charge in [-0.2, -0.15) is 0 Å². The van der Waals surface area contributed by atoms with Crippen molar-refractivity contribution >= 4 is 23.5 Å². The fourth-order valence-corrected chi connectivity index (χ4v) is 3.67. The zero-order valence-corrected chi connectivity index (χ0v) is 16.9. The molecule has 2 aromatic carbocycles. The zero-order valence-electron chi connectivity index (χ0n) is 16.9. The number of carboxylic acids is 1. The van der Waals surface area contributed by atoms with Gasteiger partial charge in [0.1, 0.15) is 18.0 Å². The summed E-state index contributed by atoms with van der Waals surface area (Å²) in [5.41, 5.74) is 1.37. The van der Waals surface area contributed by atoms with Crippen molar-refractivity contribution in [1.82, 2.24) is 4.90 Å². The number of Topliss-reactive ketones (excluding diaryl/α,β-unsaturated/α-hetero) is 1. The molecule has 1 aliphatic rings. The second kappa shape index (κ2) is 9.53. The third-order valence-electron chi connectivity index (χ3n) is 5.12. The Morgan fingerprint density at radius 2 is 1.77 bits per heavy atom. The largest absolute Gasteiger partial charge is 0.481 e. The van der Waals surface area contributed by atoms with Gasteiger partial charge in [0, 0.05) is 19.2 Å². The van der Waals surface area contributed by atoms with Gasteiger partial charge in [-0.15, -0.1) is 0 Å². The molecule has 7 nitrogen and oxygen atoms in total. The molecule has 0 radical (unpaired) electrons. The predicted octanol–water partition coefficient (Wildman–Crippen LogP) is 3.16. The van der Waals surface area contributed by atoms with Gasteiger partial charge in [0.05, 0.1) is 18.2 Å². The molecule has 3 atom stereocenters. The summed E-state index contributed by atoms with van der Waals surface area (Å²) >= 11 is 0. The standard InChI is InChI=1S/C23H23FN2O5/c1-25-20(12-11-18(27)13-19(28)14-21(29)30)22(15-7-9-16(24)10-8-15)26(23(25)31)17-5-3-2-4-6-17/h2-12,18,20,22,27H,13-14H2,1H3,(H,29,30)/b12-11+. The van der Waals surface area contributed by atoms with E-state index in [4.69, 9.17) is 5.11 Å². The fraction of sp³-hybridized carbons (Fsp3) is 0.261. The Kier molecular flexibility index (Phi) is 6.81. The lowest BCUT2D eigenvalue weighted by molar-refractivity contribution is -0.140. The SMILES string of the molecule is CN1C(=O)N(c2ccccc2)C(c2ccc(F)cc2)C1/C=C/C(O)CC(=O)CC(=O)O. The molecule has 3 unspecified atom stereocenters. The van der Waals surface area contributed by atoms with Crippen molar-refractivity contribution in [2.45, 2.75) is 31.0 Å². The van der Waals surface area contributed by atoms with Crippen LogP contribution in [-0.2, 0) is 9.59 Å². The van der Waals surface area contributed by atoms with Gasteiger partial charge in [0.2, 0.25) is 0 Å². The number of carboxylic acid groups (broad SMARTS) is 1. The summed E-state index contributed by atoms with van der Waals surface area (Å²) in [6, 6.07) is 13.6. The summed E-state index contributed by atoms with van der Waals surface area (Å²) in [6.45, 7) is 0. The maximum absolute atomic E-state index is 13.5. The second-order valence-corrected chi connectivity index (χ2v) is 7.35. The number of nitrogens with zero attached hydrogens (tertiary/aromatic N) is 2. The fourth-order valence-electron chi connectivity index (χ4n) is 3.67. The van der Waals surface area contributed by atoms with Crippen LogP contribution in [0, 0.1) is 5.82 Å². The van der Waals surface area contributed by atoms with Crippen molar-refractivity contribution in [1.29, 1.82) is 0 Å². The molecule has 1 heterocycles. The van der Waals surface area contributed by atoms with Crippen LogP contribution in [0.3, 0.4) is 0 Å². The number of carbonyl (C=O) groups excluding carboxylic acids is 2. The van der Waals surface area contributed by atoms with Crippen molar-refractivity contribution in [3.63, 3.8) is 0 Å². The first-order chi connectivity index (χ1) is 14.8. The van der Waals surface area contributed by atoms with E-state index in [0.717, 1.165) is 0 Å². The highest BCUT2D eigenvalue weighted by atomic mass is 19.1. The highest BCUT2D eigenvalue weighted by Crippen LogP contribution is 2.39. The monoisotopic (exact) mass is 426 g/mol. The number of aliphatic hydroxyl groups is 1. The first-order valence-electron chi connectivity index (χ1n) is 9.74. The van der Waals surface area contributed by atoms with Gasteiger partial charge in [-0.1, -0.05) is 42.5 Å². The molecule has 2 aromatic rings. The van der Waals surface area contributed by atoms with E-state index >= 15 is 0 Å². The van der Waals surface area contributed by atoms with Crippen molar-refractivity contribution in [2.75, 3.05) is 11.9 Å². The number of aliphatic hydroxyl groups excluding tert-OH is 1. The van der Waals surface area contributed by atoms with Crippen molar-refractivity contribution in [2.24, 2.45) is 0 Å². The number of carbonyl (C=O) groups is 3. The Morgan fingerprint density at radius 1 is 1.13 bits per heavy atom. The number of likely N-dealkylation sites (N-methyl/N-ethyl adjacent to an activating group) is 1. The van der Waals surface area contributed by atoms with Gasteiger partial charge in [-0.25, -0.2) is 9.18 Å². The number of urea groups is 1. The summed E-state index contributed by atoms with van der Waals surface area (Å²) in [5, 5.41) is 18.8. The third kappa shape index (κ3) is 5.16. The normalized spacial score (nSPS) is 19.8. The number of hydrogen-bond donors (Lipinski definition) is 2. The summed E-state index contributed by atoms with van der Waals surface area (Å²) in [6.07, 6.45) is 0.825. The van der Waals surface area contributed by atoms with Gasteiger partial charge in [-0.05, 0) is 29.8 Å². The van der Waals surface area contributed by atoms with E-state index in [1.54, 1.807) is 42.3 Å². The number of amides is 2. The molecule has 3 rings (SSSR count). The topological polar surface area (TPSA) is 98.2 Å². The molecular weight excluding hydrogens is 403 g/mol. The number of para-hydroxylation sites is 1. The lowest BCUT2D eigenvalue weighted by Crippen LogP contribution is -2.30. The highest BCUT2D eigenvalue weighted by molar-refractivity contribution is 5.96. The minimum Gasteiger partial charge on any atom is -0.481 e. The minimum absolute atomic E-state index is 0.272. The first-order valence-corrected chi connectivity index (χ1v) is 9.74. The third-order valence-corrected chi connectivity index (χ3v) is 5.12. The zero-order chi connectivity index (χ0) is 22.5. The second-order valence-electron chi connectivity index (χ2n) is 7.35. The number of benzene rings is 2. The van der Waals surface area contributed by atoms with Crippen LogP contribution in [0.15, 0.2) is 66.7 Å². The quantitative estimate of drug-likeness (QED) is 0.499. The number of halogens is 1. The molecule has 0 saturated carbocycles. The molecule has 1 fully saturated rings. The van der Waals surface area contributed by atoms with Crippen LogP contribution in [0.1, 0.15) is 24.4 Å². The van der Waals surface area contributed by atoms with Gasteiger partial charge in [0.25, 0.3) is 0 Å². The van der Waals surface area contributed by atoms with Crippen LogP contribution in [0.2, 0.25) is 0 Å². The number of anilines is 1. The molecule has 2 amide bonds.